The molecular weight excluding hydrogens is 288 g/mol. The molecule has 0 radical (unpaired) electrons. The fourth-order valence-corrected chi connectivity index (χ4v) is 5.52. The SMILES string of the molecule is CCOC1CC(NS(=O)(=O)CCN2CCCC2)C12CCC2. The predicted octanol–water partition coefficient (Wildman–Crippen LogP) is 1.35. The van der Waals surface area contributed by atoms with Crippen molar-refractivity contribution in [3.8, 4) is 0 Å². The van der Waals surface area contributed by atoms with E-state index in [9.17, 15) is 8.42 Å². The standard InChI is InChI=1S/C15H28N2O3S/c1-2-20-14-12-13(15(14)6-5-7-15)16-21(18,19)11-10-17-8-3-4-9-17/h13-14,16H,2-12H2,1H3. The number of nitrogens with one attached hydrogen (secondary N) is 1. The van der Waals surface area contributed by atoms with E-state index in [1.807, 2.05) is 6.92 Å². The Morgan fingerprint density at radius 2 is 1.95 bits per heavy atom. The third-order valence-electron chi connectivity index (χ3n) is 5.63. The first-order valence-electron chi connectivity index (χ1n) is 8.40. The minimum absolute atomic E-state index is 0.103. The molecule has 1 N–H and O–H groups in total. The van der Waals surface area contributed by atoms with E-state index >= 15 is 0 Å². The first kappa shape index (κ1) is 15.7. The highest BCUT2D eigenvalue weighted by Gasteiger charge is 2.59. The van der Waals surface area contributed by atoms with Crippen molar-refractivity contribution < 1.29 is 13.2 Å². The first-order valence-corrected chi connectivity index (χ1v) is 10.0. The summed E-state index contributed by atoms with van der Waals surface area (Å²) >= 11 is 0. The molecule has 3 rings (SSSR count). The number of hydrogen-bond acceptors (Lipinski definition) is 4. The third-order valence-corrected chi connectivity index (χ3v) is 7.00. The van der Waals surface area contributed by atoms with E-state index in [0.717, 1.165) is 39.0 Å². The van der Waals surface area contributed by atoms with Crippen molar-refractivity contribution in [3.05, 3.63) is 0 Å². The van der Waals surface area contributed by atoms with Crippen molar-refractivity contribution in [3.63, 3.8) is 0 Å². The van der Waals surface area contributed by atoms with Gasteiger partial charge in [0.2, 0.25) is 10.0 Å². The lowest BCUT2D eigenvalue weighted by Crippen LogP contribution is -2.67. The van der Waals surface area contributed by atoms with Crippen LogP contribution in [-0.2, 0) is 14.8 Å². The minimum atomic E-state index is -3.16. The average Bonchev–Trinajstić information content (AvgIpc) is 2.86. The summed E-state index contributed by atoms with van der Waals surface area (Å²) in [6, 6.07) is 0.103. The lowest BCUT2D eigenvalue weighted by molar-refractivity contribution is -0.167. The Bertz CT molecular complexity index is 456. The van der Waals surface area contributed by atoms with Gasteiger partial charge in [0.1, 0.15) is 0 Å². The third kappa shape index (κ3) is 3.14. The van der Waals surface area contributed by atoms with Crippen LogP contribution in [-0.4, -0.2) is 57.5 Å². The Labute approximate surface area is 128 Å². The van der Waals surface area contributed by atoms with E-state index in [-0.39, 0.29) is 23.3 Å². The number of hydrogen-bond donors (Lipinski definition) is 1. The molecule has 3 aliphatic rings. The molecule has 1 saturated heterocycles. The molecular formula is C15H28N2O3S. The summed E-state index contributed by atoms with van der Waals surface area (Å²) in [4.78, 5) is 2.25. The Hall–Kier alpha value is -0.170. The van der Waals surface area contributed by atoms with E-state index in [2.05, 4.69) is 9.62 Å². The molecule has 1 spiro atoms. The first-order chi connectivity index (χ1) is 10.1. The molecule has 2 saturated carbocycles. The predicted molar refractivity (Wildman–Crippen MR) is 82.7 cm³/mol. The summed E-state index contributed by atoms with van der Waals surface area (Å²) < 4.78 is 33.4. The highest BCUT2D eigenvalue weighted by Crippen LogP contribution is 2.57. The summed E-state index contributed by atoms with van der Waals surface area (Å²) in [5.74, 6) is 0.235. The van der Waals surface area contributed by atoms with Crippen molar-refractivity contribution in [2.45, 2.75) is 57.6 Å². The Balaban J connectivity index is 1.51. The van der Waals surface area contributed by atoms with Crippen molar-refractivity contribution in [2.75, 3.05) is 32.0 Å². The Morgan fingerprint density at radius 3 is 2.52 bits per heavy atom. The van der Waals surface area contributed by atoms with Crippen LogP contribution in [0.1, 0.15) is 45.4 Å². The highest BCUT2D eigenvalue weighted by molar-refractivity contribution is 7.89. The minimum Gasteiger partial charge on any atom is -0.378 e. The molecule has 5 nitrogen and oxygen atoms in total. The van der Waals surface area contributed by atoms with Gasteiger partial charge < -0.3 is 9.64 Å². The van der Waals surface area contributed by atoms with E-state index in [1.54, 1.807) is 0 Å². The number of sulfonamides is 1. The Kier molecular flexibility index (Phi) is 4.60. The molecule has 122 valence electrons. The molecule has 2 atom stereocenters. The maximum absolute atomic E-state index is 12.3. The average molecular weight is 316 g/mol. The molecule has 0 bridgehead atoms. The second-order valence-corrected chi connectivity index (χ2v) is 8.68. The van der Waals surface area contributed by atoms with Crippen LogP contribution in [0.5, 0.6) is 0 Å². The van der Waals surface area contributed by atoms with Gasteiger partial charge in [0.05, 0.1) is 11.9 Å². The zero-order valence-electron chi connectivity index (χ0n) is 13.0. The fourth-order valence-electron chi connectivity index (χ4n) is 4.13. The largest absolute Gasteiger partial charge is 0.378 e. The van der Waals surface area contributed by atoms with Gasteiger partial charge in [0.15, 0.2) is 0 Å². The van der Waals surface area contributed by atoms with Gasteiger partial charge in [-0.05, 0) is 52.1 Å². The molecule has 3 fully saturated rings. The topological polar surface area (TPSA) is 58.6 Å². The number of nitrogens with zero attached hydrogens (tertiary/aromatic N) is 1. The van der Waals surface area contributed by atoms with Gasteiger partial charge >= 0.3 is 0 Å². The number of rotatable bonds is 7. The van der Waals surface area contributed by atoms with Gasteiger partial charge in [-0.1, -0.05) is 6.42 Å². The summed E-state index contributed by atoms with van der Waals surface area (Å²) in [5.41, 5.74) is 0.108. The summed E-state index contributed by atoms with van der Waals surface area (Å²) in [6.07, 6.45) is 6.94. The maximum atomic E-state index is 12.3. The zero-order valence-corrected chi connectivity index (χ0v) is 13.8. The molecule has 2 unspecified atom stereocenters. The molecule has 1 heterocycles. The maximum Gasteiger partial charge on any atom is 0.213 e. The molecule has 6 heteroatoms. The molecule has 0 aromatic rings. The van der Waals surface area contributed by atoms with Gasteiger partial charge in [0, 0.05) is 24.6 Å². The second kappa shape index (κ2) is 6.14. The fraction of sp³-hybridized carbons (Fsp3) is 1.00. The van der Waals surface area contributed by atoms with Gasteiger partial charge in [-0.25, -0.2) is 13.1 Å². The zero-order chi connectivity index (χ0) is 14.9. The van der Waals surface area contributed by atoms with E-state index in [0.29, 0.717) is 6.54 Å². The van der Waals surface area contributed by atoms with Crippen LogP contribution >= 0.6 is 0 Å². The van der Waals surface area contributed by atoms with Crippen LogP contribution in [0, 0.1) is 5.41 Å². The van der Waals surface area contributed by atoms with Gasteiger partial charge in [0.25, 0.3) is 0 Å². The quantitative estimate of drug-likeness (QED) is 0.770. The number of likely N-dealkylation sites (tertiary alicyclic amines) is 1. The number of ether oxygens (including phenoxy) is 1. The molecule has 21 heavy (non-hydrogen) atoms. The monoisotopic (exact) mass is 316 g/mol. The molecule has 1 aliphatic heterocycles. The van der Waals surface area contributed by atoms with Gasteiger partial charge in [-0.3, -0.25) is 0 Å². The summed E-state index contributed by atoms with van der Waals surface area (Å²) in [5, 5.41) is 0. The molecule has 0 aromatic carbocycles. The van der Waals surface area contributed by atoms with Crippen LogP contribution in [0.2, 0.25) is 0 Å². The van der Waals surface area contributed by atoms with Crippen molar-refractivity contribution in [1.82, 2.24) is 9.62 Å². The molecule has 2 aliphatic carbocycles. The van der Waals surface area contributed by atoms with E-state index in [1.165, 1.54) is 19.3 Å². The normalized spacial score (nSPS) is 32.0. The second-order valence-electron chi connectivity index (χ2n) is 6.80. The van der Waals surface area contributed by atoms with Crippen LogP contribution in [0.15, 0.2) is 0 Å². The van der Waals surface area contributed by atoms with Crippen LogP contribution < -0.4 is 4.72 Å². The van der Waals surface area contributed by atoms with Crippen molar-refractivity contribution in [1.29, 1.82) is 0 Å². The van der Waals surface area contributed by atoms with Crippen molar-refractivity contribution in [2.24, 2.45) is 5.41 Å². The summed E-state index contributed by atoms with van der Waals surface area (Å²) in [6.45, 7) is 5.51. The van der Waals surface area contributed by atoms with Crippen molar-refractivity contribution >= 4 is 10.0 Å². The lowest BCUT2D eigenvalue weighted by atomic mass is 9.51. The van der Waals surface area contributed by atoms with E-state index < -0.39 is 10.0 Å². The Morgan fingerprint density at radius 1 is 1.24 bits per heavy atom. The van der Waals surface area contributed by atoms with Gasteiger partial charge in [-0.2, -0.15) is 0 Å². The highest BCUT2D eigenvalue weighted by atomic mass is 32.2. The molecule has 0 aromatic heterocycles. The van der Waals surface area contributed by atoms with Crippen LogP contribution in [0.3, 0.4) is 0 Å². The van der Waals surface area contributed by atoms with Crippen LogP contribution in [0.25, 0.3) is 0 Å². The lowest BCUT2D eigenvalue weighted by Gasteiger charge is -2.60. The van der Waals surface area contributed by atoms with Gasteiger partial charge in [-0.15, -0.1) is 0 Å². The van der Waals surface area contributed by atoms with E-state index in [4.69, 9.17) is 4.74 Å². The molecule has 0 amide bonds. The smallest absolute Gasteiger partial charge is 0.213 e. The van der Waals surface area contributed by atoms with Crippen LogP contribution in [0.4, 0.5) is 0 Å². The summed E-state index contributed by atoms with van der Waals surface area (Å²) in [7, 11) is -3.16.